The maximum atomic E-state index is 12.6. The van der Waals surface area contributed by atoms with Gasteiger partial charge in [-0.1, -0.05) is 51.1 Å². The SMILES string of the molecule is CC(C)(C)C(=O)N1CCCC(C(=O)N[C@@H](C(=O)O)c2ccccc2)C1. The lowest BCUT2D eigenvalue weighted by molar-refractivity contribution is -0.145. The summed E-state index contributed by atoms with van der Waals surface area (Å²) in [6.45, 7) is 6.54. The molecule has 0 aromatic heterocycles. The average molecular weight is 346 g/mol. The Morgan fingerprint density at radius 3 is 2.40 bits per heavy atom. The summed E-state index contributed by atoms with van der Waals surface area (Å²) in [4.78, 5) is 38.3. The van der Waals surface area contributed by atoms with Crippen molar-refractivity contribution in [3.63, 3.8) is 0 Å². The molecule has 0 radical (unpaired) electrons. The van der Waals surface area contributed by atoms with Crippen molar-refractivity contribution in [2.75, 3.05) is 13.1 Å². The van der Waals surface area contributed by atoms with Gasteiger partial charge in [-0.05, 0) is 18.4 Å². The normalized spacial score (nSPS) is 19.2. The Balaban J connectivity index is 2.06. The van der Waals surface area contributed by atoms with E-state index < -0.39 is 17.4 Å². The fourth-order valence-corrected chi connectivity index (χ4v) is 3.04. The molecular weight excluding hydrogens is 320 g/mol. The van der Waals surface area contributed by atoms with E-state index in [-0.39, 0.29) is 17.7 Å². The molecule has 25 heavy (non-hydrogen) atoms. The molecule has 1 saturated heterocycles. The molecule has 1 aromatic carbocycles. The molecule has 136 valence electrons. The van der Waals surface area contributed by atoms with Crippen LogP contribution in [0.3, 0.4) is 0 Å². The fraction of sp³-hybridized carbons (Fsp3) is 0.526. The predicted molar refractivity (Wildman–Crippen MR) is 93.7 cm³/mol. The van der Waals surface area contributed by atoms with Crippen molar-refractivity contribution in [1.29, 1.82) is 0 Å². The molecule has 2 atom stereocenters. The summed E-state index contributed by atoms with van der Waals surface area (Å²) in [5.41, 5.74) is 0.0354. The molecule has 0 saturated carbocycles. The Morgan fingerprint density at radius 2 is 1.84 bits per heavy atom. The lowest BCUT2D eigenvalue weighted by atomic mass is 9.90. The Kier molecular flexibility index (Phi) is 5.82. The minimum atomic E-state index is -1.10. The quantitative estimate of drug-likeness (QED) is 0.875. The molecule has 1 aliphatic rings. The standard InChI is InChI=1S/C19H26N2O4/c1-19(2,3)18(25)21-11-7-10-14(12-21)16(22)20-15(17(23)24)13-8-5-4-6-9-13/h4-6,8-9,14-15H,7,10-12H2,1-3H3,(H,20,22)(H,23,24)/t14?,15-/m1/s1. The van der Waals surface area contributed by atoms with E-state index in [0.29, 0.717) is 25.1 Å². The molecule has 0 aliphatic carbocycles. The van der Waals surface area contributed by atoms with E-state index in [0.717, 1.165) is 6.42 Å². The van der Waals surface area contributed by atoms with Crippen LogP contribution in [0.15, 0.2) is 30.3 Å². The zero-order valence-electron chi connectivity index (χ0n) is 15.0. The minimum Gasteiger partial charge on any atom is -0.479 e. The van der Waals surface area contributed by atoms with Gasteiger partial charge in [-0.2, -0.15) is 0 Å². The Labute approximate surface area is 148 Å². The van der Waals surface area contributed by atoms with E-state index >= 15 is 0 Å². The minimum absolute atomic E-state index is 0.0165. The number of carboxylic acid groups (broad SMARTS) is 1. The van der Waals surface area contributed by atoms with Crippen molar-refractivity contribution in [1.82, 2.24) is 10.2 Å². The number of nitrogens with zero attached hydrogens (tertiary/aromatic N) is 1. The van der Waals surface area contributed by atoms with Gasteiger partial charge < -0.3 is 15.3 Å². The van der Waals surface area contributed by atoms with E-state index in [1.807, 2.05) is 20.8 Å². The number of amides is 2. The lowest BCUT2D eigenvalue weighted by Crippen LogP contribution is -2.49. The van der Waals surface area contributed by atoms with E-state index in [4.69, 9.17) is 0 Å². The van der Waals surface area contributed by atoms with Crippen molar-refractivity contribution in [2.24, 2.45) is 11.3 Å². The second-order valence-corrected chi connectivity index (χ2v) is 7.53. The van der Waals surface area contributed by atoms with Crippen LogP contribution in [0.2, 0.25) is 0 Å². The predicted octanol–water partition coefficient (Wildman–Crippen LogP) is 2.21. The van der Waals surface area contributed by atoms with Gasteiger partial charge in [0.2, 0.25) is 11.8 Å². The number of benzene rings is 1. The van der Waals surface area contributed by atoms with E-state index in [1.165, 1.54) is 0 Å². The number of rotatable bonds is 4. The van der Waals surface area contributed by atoms with Gasteiger partial charge in [0.15, 0.2) is 6.04 Å². The zero-order valence-corrected chi connectivity index (χ0v) is 15.0. The number of hydrogen-bond donors (Lipinski definition) is 2. The van der Waals surface area contributed by atoms with Crippen molar-refractivity contribution in [3.05, 3.63) is 35.9 Å². The molecule has 2 amide bonds. The van der Waals surface area contributed by atoms with Gasteiger partial charge in [-0.3, -0.25) is 9.59 Å². The van der Waals surface area contributed by atoms with Crippen molar-refractivity contribution < 1.29 is 19.5 Å². The molecule has 6 nitrogen and oxygen atoms in total. The van der Waals surface area contributed by atoms with Crippen molar-refractivity contribution in [2.45, 2.75) is 39.7 Å². The number of hydrogen-bond acceptors (Lipinski definition) is 3. The van der Waals surface area contributed by atoms with Gasteiger partial charge in [0.25, 0.3) is 0 Å². The second-order valence-electron chi connectivity index (χ2n) is 7.53. The second kappa shape index (κ2) is 7.68. The largest absolute Gasteiger partial charge is 0.479 e. The topological polar surface area (TPSA) is 86.7 Å². The van der Waals surface area contributed by atoms with E-state index in [9.17, 15) is 19.5 Å². The third kappa shape index (κ3) is 4.81. The van der Waals surface area contributed by atoms with E-state index in [1.54, 1.807) is 35.2 Å². The summed E-state index contributed by atoms with van der Waals surface area (Å²) in [6, 6.07) is 7.54. The first-order valence-corrected chi connectivity index (χ1v) is 8.57. The van der Waals surface area contributed by atoms with Gasteiger partial charge in [0, 0.05) is 18.5 Å². The molecule has 1 aromatic rings. The fourth-order valence-electron chi connectivity index (χ4n) is 3.04. The van der Waals surface area contributed by atoms with Crippen LogP contribution >= 0.6 is 0 Å². The monoisotopic (exact) mass is 346 g/mol. The number of aliphatic carboxylic acids is 1. The summed E-state index contributed by atoms with van der Waals surface area (Å²) >= 11 is 0. The maximum Gasteiger partial charge on any atom is 0.330 e. The number of carboxylic acids is 1. The number of carbonyl (C=O) groups is 3. The third-order valence-corrected chi connectivity index (χ3v) is 4.39. The molecule has 1 heterocycles. The highest BCUT2D eigenvalue weighted by Gasteiger charge is 2.34. The summed E-state index contributed by atoms with van der Waals surface area (Å²) in [7, 11) is 0. The smallest absolute Gasteiger partial charge is 0.330 e. The average Bonchev–Trinajstić information content (AvgIpc) is 2.58. The van der Waals surface area contributed by atoms with Crippen LogP contribution in [-0.4, -0.2) is 40.9 Å². The molecule has 1 aliphatic heterocycles. The highest BCUT2D eigenvalue weighted by molar-refractivity contribution is 5.87. The molecule has 0 spiro atoms. The van der Waals surface area contributed by atoms with Crippen LogP contribution in [0.1, 0.15) is 45.2 Å². The summed E-state index contributed by atoms with van der Waals surface area (Å²) in [5.74, 6) is -1.78. The first-order valence-electron chi connectivity index (χ1n) is 8.57. The first-order chi connectivity index (χ1) is 11.7. The molecule has 1 fully saturated rings. The summed E-state index contributed by atoms with van der Waals surface area (Å²) in [5, 5.41) is 12.1. The molecule has 2 N–H and O–H groups in total. The Bertz CT molecular complexity index is 637. The highest BCUT2D eigenvalue weighted by Crippen LogP contribution is 2.24. The van der Waals surface area contributed by atoms with Gasteiger partial charge in [-0.15, -0.1) is 0 Å². The molecule has 2 rings (SSSR count). The molecule has 0 bridgehead atoms. The van der Waals surface area contributed by atoms with Gasteiger partial charge in [-0.25, -0.2) is 4.79 Å². The van der Waals surface area contributed by atoms with Crippen LogP contribution < -0.4 is 5.32 Å². The van der Waals surface area contributed by atoms with Crippen LogP contribution in [0.5, 0.6) is 0 Å². The molecule has 1 unspecified atom stereocenters. The highest BCUT2D eigenvalue weighted by atomic mass is 16.4. The zero-order chi connectivity index (χ0) is 18.6. The summed E-state index contributed by atoms with van der Waals surface area (Å²) in [6.07, 6.45) is 1.39. The number of likely N-dealkylation sites (tertiary alicyclic amines) is 1. The Hall–Kier alpha value is -2.37. The number of carbonyl (C=O) groups excluding carboxylic acids is 2. The Morgan fingerprint density at radius 1 is 1.20 bits per heavy atom. The maximum absolute atomic E-state index is 12.6. The van der Waals surface area contributed by atoms with E-state index in [2.05, 4.69) is 5.32 Å². The van der Waals surface area contributed by atoms with Crippen LogP contribution in [0, 0.1) is 11.3 Å². The number of piperidine rings is 1. The lowest BCUT2D eigenvalue weighted by Gasteiger charge is -2.36. The van der Waals surface area contributed by atoms with Gasteiger partial charge >= 0.3 is 5.97 Å². The van der Waals surface area contributed by atoms with Crippen LogP contribution in [0.25, 0.3) is 0 Å². The number of nitrogens with one attached hydrogen (secondary N) is 1. The molecular formula is C19H26N2O4. The van der Waals surface area contributed by atoms with Crippen molar-refractivity contribution >= 4 is 17.8 Å². The summed E-state index contributed by atoms with van der Waals surface area (Å²) < 4.78 is 0. The van der Waals surface area contributed by atoms with Crippen molar-refractivity contribution in [3.8, 4) is 0 Å². The van der Waals surface area contributed by atoms with Gasteiger partial charge in [0.05, 0.1) is 5.92 Å². The van der Waals surface area contributed by atoms with Gasteiger partial charge in [0.1, 0.15) is 0 Å². The molecule has 6 heteroatoms. The first kappa shape index (κ1) is 19.0. The third-order valence-electron chi connectivity index (χ3n) is 4.39. The van der Waals surface area contributed by atoms with Crippen LogP contribution in [-0.2, 0) is 14.4 Å². The van der Waals surface area contributed by atoms with Crippen LogP contribution in [0.4, 0.5) is 0 Å².